The van der Waals surface area contributed by atoms with Gasteiger partial charge in [0.05, 0.1) is 11.4 Å². The highest BCUT2D eigenvalue weighted by Crippen LogP contribution is 2.34. The molecule has 0 radical (unpaired) electrons. The largest absolute Gasteiger partial charge is 0.484 e. The van der Waals surface area contributed by atoms with Crippen LogP contribution in [0.25, 0.3) is 0 Å². The van der Waals surface area contributed by atoms with Gasteiger partial charge in [0.2, 0.25) is 27.3 Å². The molecule has 0 saturated carbocycles. The Balaban J connectivity index is 0.963. The monoisotopic (exact) mass is 550 g/mol. The molecule has 4 heterocycles. The quantitative estimate of drug-likeness (QED) is 0.192. The molecule has 2 aliphatic heterocycles. The lowest BCUT2D eigenvalue weighted by Crippen LogP contribution is -2.62. The predicted molar refractivity (Wildman–Crippen MR) is 148 cm³/mol. The van der Waals surface area contributed by atoms with Crippen molar-refractivity contribution in [3.63, 3.8) is 0 Å². The number of quaternary nitrogens is 1. The fourth-order valence-corrected chi connectivity index (χ4v) is 6.74. The van der Waals surface area contributed by atoms with Crippen LogP contribution in [0.1, 0.15) is 75.5 Å². The van der Waals surface area contributed by atoms with Crippen LogP contribution in [0, 0.1) is 0 Å². The lowest BCUT2D eigenvalue weighted by molar-refractivity contribution is -1.16. The van der Waals surface area contributed by atoms with Gasteiger partial charge in [-0.1, -0.05) is 41.2 Å². The minimum absolute atomic E-state index is 0.0367. The van der Waals surface area contributed by atoms with Gasteiger partial charge in [-0.15, -0.1) is 0 Å². The summed E-state index contributed by atoms with van der Waals surface area (Å²) in [5.41, 5.74) is 3.44. The average Bonchev–Trinajstić information content (AvgIpc) is 3.40. The van der Waals surface area contributed by atoms with Crippen LogP contribution in [-0.2, 0) is 27.9 Å². The van der Waals surface area contributed by atoms with Crippen LogP contribution in [0.4, 0.5) is 5.69 Å². The van der Waals surface area contributed by atoms with E-state index in [-0.39, 0.29) is 10.8 Å². The number of carbonyl (C=O) groups is 1. The Kier molecular flexibility index (Phi) is 8.40. The van der Waals surface area contributed by atoms with E-state index in [1.54, 1.807) is 12.1 Å². The Hall–Kier alpha value is -3.14. The van der Waals surface area contributed by atoms with Crippen molar-refractivity contribution in [2.24, 2.45) is 5.14 Å². The maximum atomic E-state index is 12.2. The van der Waals surface area contributed by atoms with E-state index < -0.39 is 10.0 Å². The number of primary sulfonamides is 1. The van der Waals surface area contributed by atoms with Gasteiger partial charge in [0.1, 0.15) is 0 Å². The van der Waals surface area contributed by atoms with Gasteiger partial charge in [0.25, 0.3) is 0 Å². The number of anilines is 1. The molecule has 9 heteroatoms. The number of hydrogen-bond acceptors (Lipinski definition) is 3. The third-order valence-corrected chi connectivity index (χ3v) is 9.05. The van der Waals surface area contributed by atoms with Crippen LogP contribution in [0.5, 0.6) is 0 Å². The summed E-state index contributed by atoms with van der Waals surface area (Å²) in [5.74, 6) is -0.0476. The van der Waals surface area contributed by atoms with Gasteiger partial charge in [-0.2, -0.15) is 4.48 Å². The molecule has 2 aromatic heterocycles. The number of benzene rings is 1. The van der Waals surface area contributed by atoms with E-state index in [1.165, 1.54) is 62.2 Å². The first kappa shape index (κ1) is 27.4. The van der Waals surface area contributed by atoms with Gasteiger partial charge >= 0.3 is 6.29 Å². The molecule has 8 nitrogen and oxygen atoms in total. The molecule has 0 unspecified atom stereocenters. The highest BCUT2D eigenvalue weighted by molar-refractivity contribution is 7.89. The van der Waals surface area contributed by atoms with Crippen LogP contribution in [0.2, 0.25) is 0 Å². The third kappa shape index (κ3) is 6.37. The van der Waals surface area contributed by atoms with Crippen molar-refractivity contribution >= 4 is 21.6 Å². The van der Waals surface area contributed by atoms with Gasteiger partial charge in [-0.3, -0.25) is 4.79 Å². The molecule has 0 saturated heterocycles. The first-order chi connectivity index (χ1) is 18.9. The normalized spacial score (nSPS) is 19.4. The number of carbonyl (C=O) groups excluding carboxylic acids is 1. The molecule has 0 aliphatic carbocycles. The number of aromatic nitrogens is 2. The number of fused-ring (bicyclic) bond motifs is 5. The maximum Gasteiger partial charge on any atom is 0.484 e. The van der Waals surface area contributed by atoms with Gasteiger partial charge in [-0.05, 0) is 55.7 Å². The topological polar surface area (TPSA) is 97.0 Å². The Bertz CT molecular complexity index is 1360. The third-order valence-electron chi connectivity index (χ3n) is 8.12. The Morgan fingerprint density at radius 2 is 1.33 bits per heavy atom. The van der Waals surface area contributed by atoms with Crippen LogP contribution in [0.15, 0.2) is 78.0 Å². The molecule has 39 heavy (non-hydrogen) atoms. The molecule has 5 rings (SSSR count). The van der Waals surface area contributed by atoms with Gasteiger partial charge in [0, 0.05) is 36.4 Å². The Morgan fingerprint density at radius 3 is 1.90 bits per heavy atom. The molecule has 3 aromatic rings. The zero-order chi connectivity index (χ0) is 27.3. The van der Waals surface area contributed by atoms with E-state index in [4.69, 9.17) is 5.14 Å². The summed E-state index contributed by atoms with van der Waals surface area (Å²) in [6.07, 6.45) is 14.6. The molecule has 1 aromatic carbocycles. The van der Waals surface area contributed by atoms with Gasteiger partial charge in [0.15, 0.2) is 25.5 Å². The number of nitrogens with one attached hydrogen (secondary N) is 1. The summed E-state index contributed by atoms with van der Waals surface area (Å²) in [4.78, 5) is 12.2. The first-order valence-corrected chi connectivity index (χ1v) is 15.7. The van der Waals surface area contributed by atoms with Crippen molar-refractivity contribution in [3.05, 3.63) is 84.4 Å². The summed E-state index contributed by atoms with van der Waals surface area (Å²) < 4.78 is 28.7. The summed E-state index contributed by atoms with van der Waals surface area (Å²) >= 11 is 0. The summed E-state index contributed by atoms with van der Waals surface area (Å²) in [5, 5.41) is 7.92. The molecule has 0 fully saturated rings. The van der Waals surface area contributed by atoms with E-state index in [0.717, 1.165) is 36.8 Å². The number of sulfonamides is 1. The second-order valence-corrected chi connectivity index (χ2v) is 12.6. The van der Waals surface area contributed by atoms with Crippen LogP contribution < -0.4 is 19.6 Å². The SMILES string of the molecule is NS(=O)(=O)c1ccc(NC(=O)CCCCCCCCCC[N+]23Cc4cccc[n+]4C2[n+]2ccccc2C3)cc1. The van der Waals surface area contributed by atoms with E-state index in [2.05, 4.69) is 63.2 Å². The van der Waals surface area contributed by atoms with Crippen molar-refractivity contribution in [1.29, 1.82) is 0 Å². The number of pyridine rings is 2. The lowest BCUT2D eigenvalue weighted by Gasteiger charge is -2.24. The van der Waals surface area contributed by atoms with Crippen LogP contribution in [-0.4, -0.2) is 25.4 Å². The molecule has 0 spiro atoms. The maximum absolute atomic E-state index is 12.2. The second-order valence-electron chi connectivity index (χ2n) is 11.0. The number of nitrogens with zero attached hydrogens (tertiary/aromatic N) is 3. The minimum atomic E-state index is -3.72. The van der Waals surface area contributed by atoms with Gasteiger partial charge < -0.3 is 5.32 Å². The molecule has 0 atom stereocenters. The number of nitrogens with two attached hydrogens (primary N) is 1. The summed E-state index contributed by atoms with van der Waals surface area (Å²) in [6.45, 7) is 3.40. The molecule has 206 valence electrons. The number of unbranched alkanes of at least 4 members (excludes halogenated alkanes) is 7. The van der Waals surface area contributed by atoms with E-state index in [0.29, 0.717) is 18.4 Å². The van der Waals surface area contributed by atoms with Crippen LogP contribution >= 0.6 is 0 Å². The zero-order valence-corrected chi connectivity index (χ0v) is 23.4. The zero-order valence-electron chi connectivity index (χ0n) is 22.5. The van der Waals surface area contributed by atoms with Crippen molar-refractivity contribution < 1.29 is 26.8 Å². The molecule has 0 bridgehead atoms. The molecule has 3 N–H and O–H groups in total. The van der Waals surface area contributed by atoms with Crippen LogP contribution in [0.3, 0.4) is 0 Å². The van der Waals surface area contributed by atoms with E-state index >= 15 is 0 Å². The Morgan fingerprint density at radius 1 is 0.795 bits per heavy atom. The molecular weight excluding hydrogens is 510 g/mol. The number of rotatable bonds is 13. The number of hydrogen-bond donors (Lipinski definition) is 2. The fourth-order valence-electron chi connectivity index (χ4n) is 6.23. The van der Waals surface area contributed by atoms with E-state index in [1.807, 2.05) is 0 Å². The van der Waals surface area contributed by atoms with E-state index in [9.17, 15) is 13.2 Å². The van der Waals surface area contributed by atoms with Gasteiger partial charge in [-0.25, -0.2) is 13.6 Å². The first-order valence-electron chi connectivity index (χ1n) is 14.1. The molecule has 2 aliphatic rings. The number of amides is 1. The Labute approximate surface area is 231 Å². The van der Waals surface area contributed by atoms with Crippen molar-refractivity contribution in [1.82, 2.24) is 0 Å². The standard InChI is InChI=1S/C30H39N5O3S/c31-39(37,38)28-18-16-25(17-19-28)32-29(36)15-7-5-3-1-2-4-6-12-22-35-23-26-13-8-10-20-33(26)30(35)34-21-11-9-14-27(34)24-35/h8-11,13-14,16-21,30H,1-7,12,15,22-24H2,(H2-,31,32,36,37,38)/q+2/p+1. The van der Waals surface area contributed by atoms with Crippen molar-refractivity contribution in [2.45, 2.75) is 82.1 Å². The second kappa shape index (κ2) is 11.9. The van der Waals surface area contributed by atoms with Crippen molar-refractivity contribution in [3.8, 4) is 0 Å². The summed E-state index contributed by atoms with van der Waals surface area (Å²) in [6, 6.07) is 19.1. The fraction of sp³-hybridized carbons (Fsp3) is 0.433. The molecule has 1 amide bonds. The molecular formula is C30H40N5O3S+3. The average molecular weight is 551 g/mol. The minimum Gasteiger partial charge on any atom is -0.326 e. The van der Waals surface area contributed by atoms with Crippen molar-refractivity contribution in [2.75, 3.05) is 11.9 Å². The predicted octanol–water partition coefficient (Wildman–Crippen LogP) is 3.91. The lowest BCUT2D eigenvalue weighted by atomic mass is 10.1. The highest BCUT2D eigenvalue weighted by atomic mass is 32.2. The smallest absolute Gasteiger partial charge is 0.326 e. The summed E-state index contributed by atoms with van der Waals surface area (Å²) in [7, 11) is -3.72. The highest BCUT2D eigenvalue weighted by Gasteiger charge is 2.63.